The summed E-state index contributed by atoms with van der Waals surface area (Å²) in [5, 5.41) is 6.18. The van der Waals surface area contributed by atoms with Crippen LogP contribution in [0.5, 0.6) is 0 Å². The highest BCUT2D eigenvalue weighted by Gasteiger charge is 2.38. The molecule has 4 nitrogen and oxygen atoms in total. The Labute approximate surface area is 137 Å². The van der Waals surface area contributed by atoms with E-state index in [0.717, 1.165) is 24.8 Å². The molecule has 0 spiro atoms. The van der Waals surface area contributed by atoms with E-state index in [1.807, 2.05) is 36.4 Å². The quantitative estimate of drug-likeness (QED) is 0.843. The van der Waals surface area contributed by atoms with Crippen molar-refractivity contribution in [1.82, 2.24) is 10.6 Å². The Morgan fingerprint density at radius 1 is 1.26 bits per heavy atom. The number of rotatable bonds is 3. The molecule has 23 heavy (non-hydrogen) atoms. The Balaban J connectivity index is 1.54. The molecule has 3 rings (SSSR count). The van der Waals surface area contributed by atoms with Gasteiger partial charge in [-0.05, 0) is 42.7 Å². The fourth-order valence-corrected chi connectivity index (χ4v) is 3.87. The lowest BCUT2D eigenvalue weighted by molar-refractivity contribution is -0.127. The molecule has 1 aliphatic heterocycles. The molecular formula is C19H24N2O2. The van der Waals surface area contributed by atoms with Gasteiger partial charge in [0.1, 0.15) is 0 Å². The topological polar surface area (TPSA) is 58.2 Å². The standard InChI is InChI=1S/C19H24N2O2/c1-13-11-19(23)21-17-12-15(8-9-16(13)17)20-18(22)10-7-14-5-3-2-4-6-14/h2-7,10,13,15-17H,8-9,11-12H2,1H3,(H,20,22)(H,21,23)/b10-7-. The van der Waals surface area contributed by atoms with Gasteiger partial charge in [-0.3, -0.25) is 9.59 Å². The molecule has 1 saturated heterocycles. The first-order chi connectivity index (χ1) is 11.1. The summed E-state index contributed by atoms with van der Waals surface area (Å²) >= 11 is 0. The van der Waals surface area contributed by atoms with Crippen molar-refractivity contribution in [3.8, 4) is 0 Å². The molecule has 1 aromatic rings. The lowest BCUT2D eigenvalue weighted by atomic mass is 9.72. The molecule has 1 aliphatic carbocycles. The first-order valence-corrected chi connectivity index (χ1v) is 8.45. The van der Waals surface area contributed by atoms with Gasteiger partial charge in [0.25, 0.3) is 0 Å². The second-order valence-corrected chi connectivity index (χ2v) is 6.78. The fourth-order valence-electron chi connectivity index (χ4n) is 3.87. The van der Waals surface area contributed by atoms with Crippen LogP contribution in [-0.4, -0.2) is 23.9 Å². The van der Waals surface area contributed by atoms with E-state index in [9.17, 15) is 9.59 Å². The Kier molecular flexibility index (Phi) is 4.79. The van der Waals surface area contributed by atoms with Crippen LogP contribution in [0.25, 0.3) is 6.08 Å². The number of hydrogen-bond donors (Lipinski definition) is 2. The molecule has 2 amide bonds. The Morgan fingerprint density at radius 2 is 2.04 bits per heavy atom. The number of nitrogens with one attached hydrogen (secondary N) is 2. The van der Waals surface area contributed by atoms with Crippen LogP contribution >= 0.6 is 0 Å². The number of carbonyl (C=O) groups is 2. The number of fused-ring (bicyclic) bond motifs is 1. The monoisotopic (exact) mass is 312 g/mol. The number of carbonyl (C=O) groups excluding carboxylic acids is 2. The predicted octanol–water partition coefficient (Wildman–Crippen LogP) is 2.51. The summed E-state index contributed by atoms with van der Waals surface area (Å²) in [6.45, 7) is 2.16. The molecule has 4 unspecified atom stereocenters. The minimum Gasteiger partial charge on any atom is -0.353 e. The minimum absolute atomic E-state index is 0.0625. The van der Waals surface area contributed by atoms with Gasteiger partial charge in [0.05, 0.1) is 0 Å². The number of benzene rings is 1. The van der Waals surface area contributed by atoms with E-state index < -0.39 is 0 Å². The van der Waals surface area contributed by atoms with E-state index in [1.165, 1.54) is 0 Å². The van der Waals surface area contributed by atoms with Crippen LogP contribution in [-0.2, 0) is 9.59 Å². The Hall–Kier alpha value is -2.10. The molecule has 4 heteroatoms. The summed E-state index contributed by atoms with van der Waals surface area (Å²) in [6, 6.07) is 10.1. The molecular weight excluding hydrogens is 288 g/mol. The second-order valence-electron chi connectivity index (χ2n) is 6.78. The average Bonchev–Trinajstić information content (AvgIpc) is 2.53. The minimum atomic E-state index is -0.0625. The summed E-state index contributed by atoms with van der Waals surface area (Å²) in [4.78, 5) is 23.8. The predicted molar refractivity (Wildman–Crippen MR) is 90.5 cm³/mol. The van der Waals surface area contributed by atoms with Crippen molar-refractivity contribution >= 4 is 17.9 Å². The largest absolute Gasteiger partial charge is 0.353 e. The molecule has 1 aromatic carbocycles. The van der Waals surface area contributed by atoms with Gasteiger partial charge in [0.2, 0.25) is 11.8 Å². The zero-order valence-corrected chi connectivity index (χ0v) is 13.5. The van der Waals surface area contributed by atoms with E-state index in [4.69, 9.17) is 0 Å². The van der Waals surface area contributed by atoms with Gasteiger partial charge in [0.15, 0.2) is 0 Å². The molecule has 2 N–H and O–H groups in total. The number of amides is 2. The summed E-state index contributed by atoms with van der Waals surface area (Å²) in [5.41, 5.74) is 1.01. The van der Waals surface area contributed by atoms with Crippen LogP contribution in [0.4, 0.5) is 0 Å². The SMILES string of the molecule is CC1CC(=O)NC2CC(NC(=O)/C=C\c3ccccc3)CCC12. The molecule has 0 bridgehead atoms. The third kappa shape index (κ3) is 4.01. The molecule has 1 saturated carbocycles. The van der Waals surface area contributed by atoms with Gasteiger partial charge in [-0.1, -0.05) is 37.3 Å². The summed E-state index contributed by atoms with van der Waals surface area (Å²) < 4.78 is 0. The molecule has 122 valence electrons. The molecule has 0 radical (unpaired) electrons. The van der Waals surface area contributed by atoms with Gasteiger partial charge in [-0.25, -0.2) is 0 Å². The summed E-state index contributed by atoms with van der Waals surface area (Å²) in [6.07, 6.45) is 6.95. The fraction of sp³-hybridized carbons (Fsp3) is 0.474. The van der Waals surface area contributed by atoms with Crippen LogP contribution in [0.3, 0.4) is 0 Å². The van der Waals surface area contributed by atoms with Gasteiger partial charge in [-0.2, -0.15) is 0 Å². The van der Waals surface area contributed by atoms with Crippen molar-refractivity contribution in [2.24, 2.45) is 11.8 Å². The third-order valence-electron chi connectivity index (χ3n) is 5.06. The van der Waals surface area contributed by atoms with Crippen molar-refractivity contribution < 1.29 is 9.59 Å². The molecule has 2 aliphatic rings. The van der Waals surface area contributed by atoms with E-state index in [2.05, 4.69) is 17.6 Å². The highest BCUT2D eigenvalue weighted by molar-refractivity contribution is 5.91. The Bertz CT molecular complexity index is 597. The highest BCUT2D eigenvalue weighted by atomic mass is 16.2. The van der Waals surface area contributed by atoms with Gasteiger partial charge >= 0.3 is 0 Å². The molecule has 4 atom stereocenters. The first-order valence-electron chi connectivity index (χ1n) is 8.45. The van der Waals surface area contributed by atoms with Crippen molar-refractivity contribution in [3.63, 3.8) is 0 Å². The number of piperidine rings is 1. The zero-order valence-electron chi connectivity index (χ0n) is 13.5. The van der Waals surface area contributed by atoms with Crippen LogP contribution in [0.1, 0.15) is 38.2 Å². The van der Waals surface area contributed by atoms with E-state index in [0.29, 0.717) is 18.3 Å². The average molecular weight is 312 g/mol. The maximum Gasteiger partial charge on any atom is 0.244 e. The zero-order chi connectivity index (χ0) is 16.2. The van der Waals surface area contributed by atoms with Gasteiger partial charge in [-0.15, -0.1) is 0 Å². The molecule has 2 fully saturated rings. The molecule has 0 aromatic heterocycles. The van der Waals surface area contributed by atoms with Crippen molar-refractivity contribution in [3.05, 3.63) is 42.0 Å². The van der Waals surface area contributed by atoms with Gasteiger partial charge in [0, 0.05) is 24.6 Å². The Morgan fingerprint density at radius 3 is 2.83 bits per heavy atom. The van der Waals surface area contributed by atoms with Crippen LogP contribution in [0, 0.1) is 11.8 Å². The van der Waals surface area contributed by atoms with E-state index in [1.54, 1.807) is 6.08 Å². The van der Waals surface area contributed by atoms with E-state index >= 15 is 0 Å². The molecule has 1 heterocycles. The van der Waals surface area contributed by atoms with Crippen LogP contribution in [0.2, 0.25) is 0 Å². The summed E-state index contributed by atoms with van der Waals surface area (Å²) in [7, 11) is 0. The van der Waals surface area contributed by atoms with Crippen molar-refractivity contribution in [1.29, 1.82) is 0 Å². The second kappa shape index (κ2) is 6.99. The lowest BCUT2D eigenvalue weighted by Crippen LogP contribution is -2.54. The lowest BCUT2D eigenvalue weighted by Gasteiger charge is -2.43. The van der Waals surface area contributed by atoms with Crippen LogP contribution in [0.15, 0.2) is 36.4 Å². The van der Waals surface area contributed by atoms with Crippen molar-refractivity contribution in [2.45, 2.75) is 44.7 Å². The van der Waals surface area contributed by atoms with Gasteiger partial charge < -0.3 is 10.6 Å². The maximum atomic E-state index is 12.1. The normalized spacial score (nSPS) is 30.6. The third-order valence-corrected chi connectivity index (χ3v) is 5.06. The van der Waals surface area contributed by atoms with E-state index in [-0.39, 0.29) is 23.9 Å². The maximum absolute atomic E-state index is 12.1. The number of hydrogen-bond acceptors (Lipinski definition) is 2. The van der Waals surface area contributed by atoms with Crippen LogP contribution < -0.4 is 10.6 Å². The smallest absolute Gasteiger partial charge is 0.244 e. The summed E-state index contributed by atoms with van der Waals surface area (Å²) in [5.74, 6) is 1.09. The highest BCUT2D eigenvalue weighted by Crippen LogP contribution is 2.35. The van der Waals surface area contributed by atoms with Crippen molar-refractivity contribution in [2.75, 3.05) is 0 Å². The first kappa shape index (κ1) is 15.8.